The van der Waals surface area contributed by atoms with Gasteiger partial charge in [-0.2, -0.15) is 5.10 Å². The molecule has 1 N–H and O–H groups in total. The van der Waals surface area contributed by atoms with Gasteiger partial charge in [0, 0.05) is 5.56 Å². The summed E-state index contributed by atoms with van der Waals surface area (Å²) in [4.78, 5) is 16.5. The van der Waals surface area contributed by atoms with Gasteiger partial charge in [0.15, 0.2) is 15.8 Å². The lowest BCUT2D eigenvalue weighted by molar-refractivity contribution is -0.118. The third-order valence-electron chi connectivity index (χ3n) is 3.77. The summed E-state index contributed by atoms with van der Waals surface area (Å²) < 4.78 is 12.5. The number of para-hydroxylation sites is 1. The van der Waals surface area contributed by atoms with E-state index in [1.807, 2.05) is 43.3 Å². The Morgan fingerprint density at radius 2 is 2.00 bits per heavy atom. The van der Waals surface area contributed by atoms with Crippen LogP contribution < -0.4 is 14.9 Å². The average molecular weight is 402 g/mol. The summed E-state index contributed by atoms with van der Waals surface area (Å²) in [7, 11) is 3.17. The lowest BCUT2D eigenvalue weighted by Crippen LogP contribution is -2.19. The molecular weight excluding hydrogens is 382 g/mol. The largest absolute Gasteiger partial charge is 0.493 e. The van der Waals surface area contributed by atoms with E-state index >= 15 is 0 Å². The number of hydrogen-bond acceptors (Lipinski definition) is 7. The molecule has 0 aliphatic carbocycles. The van der Waals surface area contributed by atoms with Crippen molar-refractivity contribution in [2.75, 3.05) is 20.0 Å². The number of ether oxygens (including phenoxy) is 2. The fourth-order valence-corrected chi connectivity index (χ4v) is 4.24. The maximum absolute atomic E-state index is 12.0. The highest BCUT2D eigenvalue weighted by molar-refractivity contribution is 8.01. The second kappa shape index (κ2) is 8.88. The van der Waals surface area contributed by atoms with Gasteiger partial charge in [-0.3, -0.25) is 4.79 Å². The van der Waals surface area contributed by atoms with Crippen molar-refractivity contribution in [3.05, 3.63) is 47.5 Å². The smallest absolute Gasteiger partial charge is 0.250 e. The first-order valence-corrected chi connectivity index (χ1v) is 9.94. The lowest BCUT2D eigenvalue weighted by atomic mass is 10.1. The number of amides is 1. The van der Waals surface area contributed by atoms with Gasteiger partial charge in [0.2, 0.25) is 0 Å². The number of nitrogens with zero attached hydrogens (tertiary/aromatic N) is 2. The molecule has 0 spiro atoms. The molecule has 3 rings (SSSR count). The van der Waals surface area contributed by atoms with Crippen molar-refractivity contribution in [1.82, 2.24) is 10.4 Å². The number of benzene rings is 2. The van der Waals surface area contributed by atoms with E-state index in [1.165, 1.54) is 11.8 Å². The molecule has 2 aromatic carbocycles. The monoisotopic (exact) mass is 401 g/mol. The van der Waals surface area contributed by atoms with Crippen molar-refractivity contribution in [1.29, 1.82) is 0 Å². The highest BCUT2D eigenvalue weighted by Crippen LogP contribution is 2.30. The number of aromatic nitrogens is 1. The normalized spacial score (nSPS) is 11.1. The molecule has 3 aromatic rings. The maximum Gasteiger partial charge on any atom is 0.250 e. The van der Waals surface area contributed by atoms with Gasteiger partial charge in [-0.05, 0) is 36.8 Å². The van der Waals surface area contributed by atoms with Crippen molar-refractivity contribution in [2.45, 2.75) is 11.3 Å². The molecular formula is C19H19N3O3S2. The Labute approximate surface area is 165 Å². The number of carbonyl (C=O) groups excluding carboxylic acids is 1. The summed E-state index contributed by atoms with van der Waals surface area (Å²) in [5.74, 6) is 1.33. The Morgan fingerprint density at radius 1 is 1.26 bits per heavy atom. The summed E-state index contributed by atoms with van der Waals surface area (Å²) in [6, 6.07) is 11.6. The zero-order valence-corrected chi connectivity index (χ0v) is 16.8. The van der Waals surface area contributed by atoms with Crippen LogP contribution in [0.2, 0.25) is 0 Å². The lowest BCUT2D eigenvalue weighted by Gasteiger charge is -2.10. The summed E-state index contributed by atoms with van der Waals surface area (Å²) in [5, 5.41) is 4.04. The van der Waals surface area contributed by atoms with Crippen molar-refractivity contribution in [3.8, 4) is 11.5 Å². The number of fused-ring (bicyclic) bond motifs is 1. The molecule has 27 heavy (non-hydrogen) atoms. The molecule has 8 heteroatoms. The molecule has 0 saturated heterocycles. The van der Waals surface area contributed by atoms with Gasteiger partial charge in [-0.1, -0.05) is 23.9 Å². The number of nitrogens with one attached hydrogen (secondary N) is 1. The molecule has 0 radical (unpaired) electrons. The fraction of sp³-hybridized carbons (Fsp3) is 0.211. The van der Waals surface area contributed by atoms with E-state index in [-0.39, 0.29) is 11.7 Å². The zero-order valence-electron chi connectivity index (χ0n) is 15.2. The van der Waals surface area contributed by atoms with Gasteiger partial charge in [0.1, 0.15) is 0 Å². The van der Waals surface area contributed by atoms with E-state index in [1.54, 1.807) is 31.8 Å². The summed E-state index contributed by atoms with van der Waals surface area (Å²) >= 11 is 2.98. The van der Waals surface area contributed by atoms with Crippen molar-refractivity contribution in [2.24, 2.45) is 5.10 Å². The predicted molar refractivity (Wildman–Crippen MR) is 110 cm³/mol. The van der Waals surface area contributed by atoms with Crippen LogP contribution in [0.1, 0.15) is 11.1 Å². The van der Waals surface area contributed by atoms with Crippen LogP contribution in [-0.4, -0.2) is 37.1 Å². The first kappa shape index (κ1) is 19.2. The highest BCUT2D eigenvalue weighted by atomic mass is 32.2. The average Bonchev–Trinajstić information content (AvgIpc) is 3.10. The van der Waals surface area contributed by atoms with E-state index in [4.69, 9.17) is 9.47 Å². The molecule has 6 nitrogen and oxygen atoms in total. The number of hydrazone groups is 1. The first-order chi connectivity index (χ1) is 13.1. The fourth-order valence-electron chi connectivity index (χ4n) is 2.38. The minimum atomic E-state index is -0.186. The molecule has 1 aromatic heterocycles. The van der Waals surface area contributed by atoms with E-state index in [0.29, 0.717) is 11.5 Å². The standard InChI is InChI=1S/C19H19N3O3S2/c1-12-8-15(24-2)16(25-3)9-13(12)10-20-22-18(23)11-26-19-21-14-6-4-5-7-17(14)27-19/h4-10H,11H2,1-3H3,(H,22,23)/b20-10+. The zero-order chi connectivity index (χ0) is 19.2. The third-order valence-corrected chi connectivity index (χ3v) is 5.95. The number of rotatable bonds is 7. The summed E-state index contributed by atoms with van der Waals surface area (Å²) in [6.07, 6.45) is 1.59. The van der Waals surface area contributed by atoms with Crippen molar-refractivity contribution < 1.29 is 14.3 Å². The Kier molecular flexibility index (Phi) is 6.31. The van der Waals surface area contributed by atoms with Gasteiger partial charge in [-0.25, -0.2) is 10.4 Å². The van der Waals surface area contributed by atoms with Crippen LogP contribution in [0.4, 0.5) is 0 Å². The Morgan fingerprint density at radius 3 is 2.74 bits per heavy atom. The molecule has 1 amide bonds. The van der Waals surface area contributed by atoms with E-state index < -0.39 is 0 Å². The summed E-state index contributed by atoms with van der Waals surface area (Å²) in [5.41, 5.74) is 5.30. The molecule has 1 heterocycles. The molecule has 0 atom stereocenters. The van der Waals surface area contributed by atoms with Gasteiger partial charge in [-0.15, -0.1) is 11.3 Å². The van der Waals surface area contributed by atoms with Crippen LogP contribution in [0, 0.1) is 6.92 Å². The Hall–Kier alpha value is -2.58. The van der Waals surface area contributed by atoms with Crippen LogP contribution in [0.15, 0.2) is 45.8 Å². The third kappa shape index (κ3) is 4.78. The minimum absolute atomic E-state index is 0.186. The molecule has 0 unspecified atom stereocenters. The Balaban J connectivity index is 1.57. The number of thioether (sulfide) groups is 1. The van der Waals surface area contributed by atoms with Crippen molar-refractivity contribution in [3.63, 3.8) is 0 Å². The van der Waals surface area contributed by atoms with Gasteiger partial charge in [0.25, 0.3) is 5.91 Å². The minimum Gasteiger partial charge on any atom is -0.493 e. The maximum atomic E-state index is 12.0. The molecule has 0 saturated carbocycles. The molecule has 0 fully saturated rings. The van der Waals surface area contributed by atoms with Crippen LogP contribution >= 0.6 is 23.1 Å². The van der Waals surface area contributed by atoms with Crippen LogP contribution in [0.3, 0.4) is 0 Å². The first-order valence-electron chi connectivity index (χ1n) is 8.13. The molecule has 140 valence electrons. The topological polar surface area (TPSA) is 72.8 Å². The van der Waals surface area contributed by atoms with Gasteiger partial charge < -0.3 is 9.47 Å². The molecule has 0 aliphatic rings. The predicted octanol–water partition coefficient (Wildman–Crippen LogP) is 3.86. The second-order valence-electron chi connectivity index (χ2n) is 5.59. The molecule has 0 bridgehead atoms. The second-order valence-corrected chi connectivity index (χ2v) is 7.85. The van der Waals surface area contributed by atoms with Crippen LogP contribution in [-0.2, 0) is 4.79 Å². The summed E-state index contributed by atoms with van der Waals surface area (Å²) in [6.45, 7) is 1.94. The number of aryl methyl sites for hydroxylation is 1. The van der Waals surface area contributed by atoms with E-state index in [2.05, 4.69) is 15.5 Å². The highest BCUT2D eigenvalue weighted by Gasteiger charge is 2.08. The van der Waals surface area contributed by atoms with E-state index in [9.17, 15) is 4.79 Å². The number of carbonyl (C=O) groups is 1. The quantitative estimate of drug-likeness (QED) is 0.370. The van der Waals surface area contributed by atoms with Crippen molar-refractivity contribution >= 4 is 45.4 Å². The van der Waals surface area contributed by atoms with Crippen LogP contribution in [0.25, 0.3) is 10.2 Å². The van der Waals surface area contributed by atoms with Crippen LogP contribution in [0.5, 0.6) is 11.5 Å². The number of thiazole rings is 1. The van der Waals surface area contributed by atoms with E-state index in [0.717, 1.165) is 25.7 Å². The Bertz CT molecular complexity index is 952. The number of hydrogen-bond donors (Lipinski definition) is 1. The van der Waals surface area contributed by atoms with Gasteiger partial charge >= 0.3 is 0 Å². The SMILES string of the molecule is COc1cc(C)c(/C=N/NC(=O)CSc2nc3ccccc3s2)cc1OC. The van der Waals surface area contributed by atoms with Gasteiger partial charge in [0.05, 0.1) is 36.4 Å². The molecule has 0 aliphatic heterocycles. The number of methoxy groups -OCH3 is 2.